The highest BCUT2D eigenvalue weighted by molar-refractivity contribution is 9.10. The van der Waals surface area contributed by atoms with Crippen molar-refractivity contribution < 1.29 is 0 Å². The molecule has 2 aliphatic rings. The largest absolute Gasteiger partial charge is 0.285 e. The van der Waals surface area contributed by atoms with Gasteiger partial charge in [0.05, 0.1) is 12.1 Å². The topological polar surface area (TPSA) is 46.8 Å². The molecule has 0 saturated heterocycles. The predicted molar refractivity (Wildman–Crippen MR) is 77.9 cm³/mol. The standard InChI is InChI=1S/C14H16BrN5/c1-9(14-16-17-18-20(14)13-4-5-13)19-7-10-2-3-12(15)6-11(10)8-19/h2-3,6,9,13H,4-5,7-8H2,1H3/t9-/m0/s1. The van der Waals surface area contributed by atoms with E-state index in [1.165, 1.54) is 24.0 Å². The van der Waals surface area contributed by atoms with E-state index in [9.17, 15) is 0 Å². The molecule has 4 rings (SSSR count). The van der Waals surface area contributed by atoms with Gasteiger partial charge in [0.2, 0.25) is 0 Å². The fourth-order valence-corrected chi connectivity index (χ4v) is 3.29. The van der Waals surface area contributed by atoms with Gasteiger partial charge in [0.15, 0.2) is 5.82 Å². The van der Waals surface area contributed by atoms with Crippen LogP contribution in [0.2, 0.25) is 0 Å². The second kappa shape index (κ2) is 4.63. The van der Waals surface area contributed by atoms with Gasteiger partial charge in [0.1, 0.15) is 0 Å². The Morgan fingerprint density at radius 1 is 1.25 bits per heavy atom. The van der Waals surface area contributed by atoms with Crippen LogP contribution in [0.4, 0.5) is 0 Å². The summed E-state index contributed by atoms with van der Waals surface area (Å²) < 4.78 is 3.16. The van der Waals surface area contributed by atoms with Gasteiger partial charge in [-0.2, -0.15) is 0 Å². The molecule has 1 saturated carbocycles. The van der Waals surface area contributed by atoms with Crippen LogP contribution in [-0.4, -0.2) is 25.1 Å². The maximum Gasteiger partial charge on any atom is 0.168 e. The molecule has 1 fully saturated rings. The van der Waals surface area contributed by atoms with E-state index in [0.29, 0.717) is 6.04 Å². The normalized spacial score (nSPS) is 20.1. The summed E-state index contributed by atoms with van der Waals surface area (Å²) in [5, 5.41) is 12.3. The lowest BCUT2D eigenvalue weighted by molar-refractivity contribution is 0.201. The molecule has 0 unspecified atom stereocenters. The summed E-state index contributed by atoms with van der Waals surface area (Å²) in [5.74, 6) is 0.999. The highest BCUT2D eigenvalue weighted by Gasteiger charge is 2.33. The van der Waals surface area contributed by atoms with Crippen molar-refractivity contribution in [2.45, 2.75) is 44.9 Å². The minimum Gasteiger partial charge on any atom is -0.285 e. The van der Waals surface area contributed by atoms with Crippen LogP contribution in [0.3, 0.4) is 0 Å². The lowest BCUT2D eigenvalue weighted by Gasteiger charge is -2.22. The third kappa shape index (κ3) is 2.07. The predicted octanol–water partition coefficient (Wildman–Crippen LogP) is 2.85. The van der Waals surface area contributed by atoms with Crippen LogP contribution in [0.15, 0.2) is 22.7 Å². The summed E-state index contributed by atoms with van der Waals surface area (Å²) in [4.78, 5) is 2.43. The molecule has 0 spiro atoms. The quantitative estimate of drug-likeness (QED) is 0.866. The minimum atomic E-state index is 0.247. The summed E-state index contributed by atoms with van der Waals surface area (Å²) in [6.45, 7) is 4.14. The van der Waals surface area contributed by atoms with Crippen molar-refractivity contribution in [3.8, 4) is 0 Å². The Balaban J connectivity index is 1.58. The fourth-order valence-electron chi connectivity index (χ4n) is 2.88. The van der Waals surface area contributed by atoms with Crippen molar-refractivity contribution in [2.24, 2.45) is 0 Å². The Morgan fingerprint density at radius 3 is 2.85 bits per heavy atom. The Kier molecular flexibility index (Phi) is 2.89. The minimum absolute atomic E-state index is 0.247. The zero-order chi connectivity index (χ0) is 13.7. The van der Waals surface area contributed by atoms with Gasteiger partial charge in [0, 0.05) is 17.6 Å². The molecule has 1 atom stereocenters. The molecule has 0 radical (unpaired) electrons. The molecule has 2 heterocycles. The maximum atomic E-state index is 4.25. The first-order valence-corrected chi connectivity index (χ1v) is 7.81. The molecule has 1 aliphatic heterocycles. The highest BCUT2D eigenvalue weighted by atomic mass is 79.9. The lowest BCUT2D eigenvalue weighted by atomic mass is 10.1. The van der Waals surface area contributed by atoms with Gasteiger partial charge in [0.25, 0.3) is 0 Å². The summed E-state index contributed by atoms with van der Waals surface area (Å²) in [5.41, 5.74) is 2.81. The van der Waals surface area contributed by atoms with Gasteiger partial charge >= 0.3 is 0 Å². The Bertz CT molecular complexity index is 649. The third-order valence-electron chi connectivity index (χ3n) is 4.25. The molecular formula is C14H16BrN5. The molecule has 0 bridgehead atoms. The zero-order valence-corrected chi connectivity index (χ0v) is 12.9. The van der Waals surface area contributed by atoms with Crippen molar-refractivity contribution in [1.29, 1.82) is 0 Å². The Morgan fingerprint density at radius 2 is 2.05 bits per heavy atom. The van der Waals surface area contributed by atoms with E-state index in [-0.39, 0.29) is 6.04 Å². The van der Waals surface area contributed by atoms with Crippen molar-refractivity contribution in [1.82, 2.24) is 25.1 Å². The second-order valence-corrected chi connectivity index (χ2v) is 6.62. The molecule has 0 amide bonds. The van der Waals surface area contributed by atoms with Crippen molar-refractivity contribution >= 4 is 15.9 Å². The number of aromatic nitrogens is 4. The summed E-state index contributed by atoms with van der Waals surface area (Å²) >= 11 is 3.54. The van der Waals surface area contributed by atoms with Crippen LogP contribution in [0, 0.1) is 0 Å². The molecule has 0 N–H and O–H groups in total. The highest BCUT2D eigenvalue weighted by Crippen LogP contribution is 2.37. The number of fused-ring (bicyclic) bond motifs is 1. The Hall–Kier alpha value is -1.27. The van der Waals surface area contributed by atoms with Crippen molar-refractivity contribution in [3.05, 3.63) is 39.6 Å². The average Bonchev–Trinajstić information content (AvgIpc) is 3.02. The monoisotopic (exact) mass is 333 g/mol. The number of hydrogen-bond acceptors (Lipinski definition) is 4. The molecule has 104 valence electrons. The molecule has 1 aliphatic carbocycles. The van der Waals surface area contributed by atoms with Gasteiger partial charge in [-0.3, -0.25) is 4.90 Å². The second-order valence-electron chi connectivity index (χ2n) is 5.71. The number of tetrazole rings is 1. The van der Waals surface area contributed by atoms with Crippen molar-refractivity contribution in [3.63, 3.8) is 0 Å². The SMILES string of the molecule is C[C@@H](c1nnnn1C1CC1)N1Cc2ccc(Br)cc2C1. The summed E-state index contributed by atoms with van der Waals surface area (Å²) in [7, 11) is 0. The molecule has 1 aromatic heterocycles. The van der Waals surface area contributed by atoms with E-state index in [1.54, 1.807) is 0 Å². The summed E-state index contributed by atoms with van der Waals surface area (Å²) in [6.07, 6.45) is 2.41. The van der Waals surface area contributed by atoms with E-state index >= 15 is 0 Å². The van der Waals surface area contributed by atoms with E-state index in [2.05, 4.69) is 61.5 Å². The number of benzene rings is 1. The first-order chi connectivity index (χ1) is 9.72. The fraction of sp³-hybridized carbons (Fsp3) is 0.500. The van der Waals surface area contributed by atoms with Gasteiger partial charge in [-0.1, -0.05) is 22.0 Å². The number of nitrogens with zero attached hydrogens (tertiary/aromatic N) is 5. The molecule has 2 aromatic rings. The maximum absolute atomic E-state index is 4.25. The number of halogens is 1. The smallest absolute Gasteiger partial charge is 0.168 e. The lowest BCUT2D eigenvalue weighted by Crippen LogP contribution is -2.24. The van der Waals surface area contributed by atoms with Gasteiger partial charge in [-0.15, -0.1) is 5.10 Å². The van der Waals surface area contributed by atoms with E-state index < -0.39 is 0 Å². The van der Waals surface area contributed by atoms with Gasteiger partial charge in [-0.05, 0) is 53.5 Å². The van der Waals surface area contributed by atoms with Crippen LogP contribution < -0.4 is 0 Å². The zero-order valence-electron chi connectivity index (χ0n) is 11.3. The van der Waals surface area contributed by atoms with Crippen LogP contribution in [0.1, 0.15) is 48.8 Å². The van der Waals surface area contributed by atoms with E-state index in [1.807, 2.05) is 4.68 Å². The van der Waals surface area contributed by atoms with E-state index in [4.69, 9.17) is 0 Å². The van der Waals surface area contributed by atoms with Crippen LogP contribution in [-0.2, 0) is 13.1 Å². The molecule has 1 aromatic carbocycles. The van der Waals surface area contributed by atoms with Crippen LogP contribution >= 0.6 is 15.9 Å². The first-order valence-electron chi connectivity index (χ1n) is 7.01. The Labute approximate surface area is 126 Å². The molecule has 6 heteroatoms. The molecular weight excluding hydrogens is 318 g/mol. The van der Waals surface area contributed by atoms with E-state index in [0.717, 1.165) is 23.4 Å². The summed E-state index contributed by atoms with van der Waals surface area (Å²) in [6, 6.07) is 7.31. The average molecular weight is 334 g/mol. The number of rotatable bonds is 3. The molecule has 20 heavy (non-hydrogen) atoms. The first kappa shape index (κ1) is 12.5. The van der Waals surface area contributed by atoms with Crippen molar-refractivity contribution in [2.75, 3.05) is 0 Å². The van der Waals surface area contributed by atoms with Gasteiger partial charge in [-0.25, -0.2) is 4.68 Å². The third-order valence-corrected chi connectivity index (χ3v) is 4.74. The van der Waals surface area contributed by atoms with Crippen LogP contribution in [0.5, 0.6) is 0 Å². The number of hydrogen-bond donors (Lipinski definition) is 0. The van der Waals surface area contributed by atoms with Crippen LogP contribution in [0.25, 0.3) is 0 Å². The molecule has 5 nitrogen and oxygen atoms in total. The van der Waals surface area contributed by atoms with Gasteiger partial charge < -0.3 is 0 Å².